The summed E-state index contributed by atoms with van der Waals surface area (Å²) in [6.45, 7) is 6.90. The summed E-state index contributed by atoms with van der Waals surface area (Å²) in [6, 6.07) is 10.8. The van der Waals surface area contributed by atoms with E-state index in [-0.39, 0.29) is 10.9 Å². The van der Waals surface area contributed by atoms with E-state index in [1.54, 1.807) is 18.2 Å². The van der Waals surface area contributed by atoms with Crippen LogP contribution in [0.5, 0.6) is 11.5 Å². The Kier molecular flexibility index (Phi) is 5.53. The first-order valence-corrected chi connectivity index (χ1v) is 10.4. The standard InChI is InChI=1S/C20H25NO4S/c1-4-24-19-8-6-18(11-14(19)2)26(22,23)21-15(3)12-16-5-7-20-17(13-16)9-10-25-20/h5-8,11,13,15,21H,4,9-10,12H2,1-3H3. The number of rotatable bonds is 7. The number of fused-ring (bicyclic) bond motifs is 1. The molecule has 0 radical (unpaired) electrons. The van der Waals surface area contributed by atoms with Crippen LogP contribution in [0, 0.1) is 6.92 Å². The molecule has 0 bridgehead atoms. The second-order valence-corrected chi connectivity index (χ2v) is 8.34. The van der Waals surface area contributed by atoms with Gasteiger partial charge in [0.05, 0.1) is 18.1 Å². The van der Waals surface area contributed by atoms with Crippen molar-refractivity contribution in [2.45, 2.75) is 44.6 Å². The Labute approximate surface area is 155 Å². The minimum Gasteiger partial charge on any atom is -0.494 e. The van der Waals surface area contributed by atoms with Crippen LogP contribution in [-0.4, -0.2) is 27.7 Å². The molecule has 2 aromatic carbocycles. The number of hydrogen-bond donors (Lipinski definition) is 1. The van der Waals surface area contributed by atoms with E-state index in [2.05, 4.69) is 10.8 Å². The first kappa shape index (κ1) is 18.7. The minimum absolute atomic E-state index is 0.216. The Bertz CT molecular complexity index is 893. The fourth-order valence-electron chi connectivity index (χ4n) is 3.20. The molecule has 1 aliphatic rings. The van der Waals surface area contributed by atoms with Gasteiger partial charge in [0.1, 0.15) is 11.5 Å². The first-order chi connectivity index (χ1) is 12.4. The molecule has 0 spiro atoms. The van der Waals surface area contributed by atoms with E-state index < -0.39 is 10.0 Å². The third-order valence-corrected chi connectivity index (χ3v) is 6.00. The molecule has 1 atom stereocenters. The maximum absolute atomic E-state index is 12.7. The first-order valence-electron chi connectivity index (χ1n) is 8.89. The topological polar surface area (TPSA) is 64.6 Å². The van der Waals surface area contributed by atoms with Crippen LogP contribution in [0.3, 0.4) is 0 Å². The van der Waals surface area contributed by atoms with Gasteiger partial charge in [-0.05, 0) is 68.1 Å². The Morgan fingerprint density at radius 2 is 2.04 bits per heavy atom. The molecule has 0 fully saturated rings. The van der Waals surface area contributed by atoms with Gasteiger partial charge >= 0.3 is 0 Å². The van der Waals surface area contributed by atoms with Crippen molar-refractivity contribution in [3.8, 4) is 11.5 Å². The molecule has 0 aliphatic carbocycles. The molecule has 1 aliphatic heterocycles. The van der Waals surface area contributed by atoms with Crippen LogP contribution >= 0.6 is 0 Å². The number of aryl methyl sites for hydroxylation is 1. The summed E-state index contributed by atoms with van der Waals surface area (Å²) in [7, 11) is -3.58. The molecule has 0 saturated heterocycles. The maximum atomic E-state index is 12.7. The lowest BCUT2D eigenvalue weighted by molar-refractivity contribution is 0.337. The second-order valence-electron chi connectivity index (χ2n) is 6.63. The van der Waals surface area contributed by atoms with Gasteiger partial charge in [-0.3, -0.25) is 0 Å². The average Bonchev–Trinajstić information content (AvgIpc) is 3.04. The molecule has 1 unspecified atom stereocenters. The van der Waals surface area contributed by atoms with Crippen molar-refractivity contribution in [1.82, 2.24) is 4.72 Å². The van der Waals surface area contributed by atoms with Crippen molar-refractivity contribution in [3.63, 3.8) is 0 Å². The smallest absolute Gasteiger partial charge is 0.240 e. The highest BCUT2D eigenvalue weighted by molar-refractivity contribution is 7.89. The maximum Gasteiger partial charge on any atom is 0.240 e. The normalized spacial score (nSPS) is 14.6. The van der Waals surface area contributed by atoms with Crippen LogP contribution in [-0.2, 0) is 22.9 Å². The summed E-state index contributed by atoms with van der Waals surface area (Å²) in [5, 5.41) is 0. The lowest BCUT2D eigenvalue weighted by Crippen LogP contribution is -2.34. The van der Waals surface area contributed by atoms with E-state index in [0.29, 0.717) is 18.8 Å². The highest BCUT2D eigenvalue weighted by Gasteiger charge is 2.19. The number of sulfonamides is 1. The van der Waals surface area contributed by atoms with E-state index in [1.165, 1.54) is 5.56 Å². The van der Waals surface area contributed by atoms with Crippen LogP contribution < -0.4 is 14.2 Å². The molecule has 26 heavy (non-hydrogen) atoms. The van der Waals surface area contributed by atoms with Crippen molar-refractivity contribution in [2.24, 2.45) is 0 Å². The average molecular weight is 375 g/mol. The van der Waals surface area contributed by atoms with Gasteiger partial charge in [-0.15, -0.1) is 0 Å². The Hall–Kier alpha value is -2.05. The number of nitrogens with one attached hydrogen (secondary N) is 1. The van der Waals surface area contributed by atoms with Gasteiger partial charge in [0.15, 0.2) is 0 Å². The summed E-state index contributed by atoms with van der Waals surface area (Å²) in [6.07, 6.45) is 1.54. The molecule has 1 heterocycles. The zero-order chi connectivity index (χ0) is 18.7. The molecular weight excluding hydrogens is 350 g/mol. The van der Waals surface area contributed by atoms with Gasteiger partial charge in [0.2, 0.25) is 10.0 Å². The van der Waals surface area contributed by atoms with Gasteiger partial charge in [0, 0.05) is 12.5 Å². The minimum atomic E-state index is -3.58. The molecule has 2 aromatic rings. The van der Waals surface area contributed by atoms with E-state index in [0.717, 1.165) is 29.9 Å². The lowest BCUT2D eigenvalue weighted by Gasteiger charge is -2.16. The zero-order valence-corrected chi connectivity index (χ0v) is 16.2. The molecule has 1 N–H and O–H groups in total. The van der Waals surface area contributed by atoms with E-state index >= 15 is 0 Å². The Morgan fingerprint density at radius 1 is 1.23 bits per heavy atom. The molecule has 3 rings (SSSR count). The van der Waals surface area contributed by atoms with Gasteiger partial charge in [-0.2, -0.15) is 0 Å². The van der Waals surface area contributed by atoms with Gasteiger partial charge in [-0.25, -0.2) is 13.1 Å². The van der Waals surface area contributed by atoms with Crippen molar-refractivity contribution in [3.05, 3.63) is 53.1 Å². The zero-order valence-electron chi connectivity index (χ0n) is 15.4. The number of hydrogen-bond acceptors (Lipinski definition) is 4. The largest absolute Gasteiger partial charge is 0.494 e. The molecule has 140 valence electrons. The highest BCUT2D eigenvalue weighted by atomic mass is 32.2. The molecular formula is C20H25NO4S. The Balaban J connectivity index is 1.69. The van der Waals surface area contributed by atoms with Crippen molar-refractivity contribution in [2.75, 3.05) is 13.2 Å². The highest BCUT2D eigenvalue weighted by Crippen LogP contribution is 2.26. The SMILES string of the molecule is CCOc1ccc(S(=O)(=O)NC(C)Cc2ccc3c(c2)CCO3)cc1C. The van der Waals surface area contributed by atoms with Crippen LogP contribution in [0.25, 0.3) is 0 Å². The van der Waals surface area contributed by atoms with Crippen LogP contribution in [0.4, 0.5) is 0 Å². The third-order valence-electron chi connectivity index (χ3n) is 4.41. The third kappa shape index (κ3) is 4.19. The summed E-state index contributed by atoms with van der Waals surface area (Å²) >= 11 is 0. The van der Waals surface area contributed by atoms with Crippen LogP contribution in [0.2, 0.25) is 0 Å². The van der Waals surface area contributed by atoms with Crippen LogP contribution in [0.15, 0.2) is 41.3 Å². The quantitative estimate of drug-likeness (QED) is 0.807. The fourth-order valence-corrected chi connectivity index (χ4v) is 4.53. The van der Waals surface area contributed by atoms with Crippen molar-refractivity contribution < 1.29 is 17.9 Å². The van der Waals surface area contributed by atoms with Gasteiger partial charge < -0.3 is 9.47 Å². The van der Waals surface area contributed by atoms with Gasteiger partial charge in [0.25, 0.3) is 0 Å². The van der Waals surface area contributed by atoms with Crippen molar-refractivity contribution in [1.29, 1.82) is 0 Å². The Morgan fingerprint density at radius 3 is 2.77 bits per heavy atom. The fraction of sp³-hybridized carbons (Fsp3) is 0.400. The monoisotopic (exact) mass is 375 g/mol. The number of ether oxygens (including phenoxy) is 2. The van der Waals surface area contributed by atoms with E-state index in [9.17, 15) is 8.42 Å². The molecule has 0 amide bonds. The predicted octanol–water partition coefficient (Wildman–Crippen LogP) is 3.24. The summed E-state index contributed by atoms with van der Waals surface area (Å²) in [5.41, 5.74) is 3.10. The molecule has 0 saturated carbocycles. The number of benzene rings is 2. The predicted molar refractivity (Wildman–Crippen MR) is 101 cm³/mol. The van der Waals surface area contributed by atoms with Crippen LogP contribution in [0.1, 0.15) is 30.5 Å². The molecule has 0 aromatic heterocycles. The summed E-state index contributed by atoms with van der Waals surface area (Å²) in [5.74, 6) is 1.65. The molecule has 5 nitrogen and oxygen atoms in total. The summed E-state index contributed by atoms with van der Waals surface area (Å²) in [4.78, 5) is 0.257. The van der Waals surface area contributed by atoms with E-state index in [4.69, 9.17) is 9.47 Å². The summed E-state index contributed by atoms with van der Waals surface area (Å²) < 4.78 is 39.1. The lowest BCUT2D eigenvalue weighted by atomic mass is 10.0. The van der Waals surface area contributed by atoms with E-state index in [1.807, 2.05) is 32.9 Å². The second kappa shape index (κ2) is 7.68. The van der Waals surface area contributed by atoms with Gasteiger partial charge in [-0.1, -0.05) is 12.1 Å². The molecule has 6 heteroatoms. The van der Waals surface area contributed by atoms with Crippen molar-refractivity contribution >= 4 is 10.0 Å².